The van der Waals surface area contributed by atoms with Crippen molar-refractivity contribution in [2.24, 2.45) is 23.7 Å². The number of hydrogen-bond acceptors (Lipinski definition) is 0. The Labute approximate surface area is 293 Å². The van der Waals surface area contributed by atoms with E-state index in [-0.39, 0.29) is 11.8 Å². The van der Waals surface area contributed by atoms with E-state index in [4.69, 9.17) is 0 Å². The fourth-order valence-corrected chi connectivity index (χ4v) is 8.97. The van der Waals surface area contributed by atoms with Crippen LogP contribution in [0.5, 0.6) is 0 Å². The molecule has 4 unspecified atom stereocenters. The lowest BCUT2D eigenvalue weighted by Crippen LogP contribution is -2.40. The van der Waals surface area contributed by atoms with Crippen molar-refractivity contribution < 1.29 is 0 Å². The summed E-state index contributed by atoms with van der Waals surface area (Å²) in [6.07, 6.45) is 25.6. The molecule has 0 aliphatic heterocycles. The molecule has 0 spiro atoms. The molecule has 0 N–H and O–H groups in total. The summed E-state index contributed by atoms with van der Waals surface area (Å²) < 4.78 is 0. The van der Waals surface area contributed by atoms with Crippen molar-refractivity contribution in [3.63, 3.8) is 0 Å². The van der Waals surface area contributed by atoms with E-state index in [2.05, 4.69) is 194 Å². The van der Waals surface area contributed by atoms with E-state index in [1.54, 1.807) is 0 Å². The quantitative estimate of drug-likeness (QED) is 0.169. The average molecular weight is 637 g/mol. The minimum Gasteiger partial charge on any atom is -0.0767 e. The van der Waals surface area contributed by atoms with Gasteiger partial charge in [-0.2, -0.15) is 0 Å². The van der Waals surface area contributed by atoms with Gasteiger partial charge in [-0.1, -0.05) is 194 Å². The van der Waals surface area contributed by atoms with E-state index in [0.717, 1.165) is 0 Å². The van der Waals surface area contributed by atoms with Gasteiger partial charge in [0.05, 0.1) is 0 Å². The van der Waals surface area contributed by atoms with Crippen LogP contribution in [-0.2, 0) is 0 Å². The third-order valence-electron chi connectivity index (χ3n) is 11.2. The first-order valence-electron chi connectivity index (χ1n) is 17.9. The van der Waals surface area contributed by atoms with Crippen LogP contribution in [0.3, 0.4) is 0 Å². The maximum Gasteiger partial charge on any atom is 0.0138 e. The first kappa shape index (κ1) is 29.0. The third-order valence-corrected chi connectivity index (χ3v) is 11.2. The minimum absolute atomic E-state index is 0.199. The largest absolute Gasteiger partial charge is 0.0767 e. The van der Waals surface area contributed by atoms with Crippen LogP contribution >= 0.6 is 0 Å². The molecule has 0 heterocycles. The van der Waals surface area contributed by atoms with Crippen molar-refractivity contribution in [3.05, 3.63) is 221 Å². The molecule has 4 atom stereocenters. The van der Waals surface area contributed by atoms with Crippen LogP contribution in [0.2, 0.25) is 0 Å². The highest BCUT2D eigenvalue weighted by molar-refractivity contribution is 6.17. The molecular weight excluding hydrogens is 601 g/mol. The summed E-state index contributed by atoms with van der Waals surface area (Å²) in [5.74, 6) is 1.23. The zero-order valence-electron chi connectivity index (χ0n) is 27.8. The SMILES string of the molecule is C1=CC2C=CC(c3c4ccccc4c(C4=c5ccccc5=C(c5ccc(-c6ccccc6)cc5)C5C=CC=CC45)c4ccccc34)=CC2C=C1. The van der Waals surface area contributed by atoms with E-state index >= 15 is 0 Å². The molecule has 0 saturated carbocycles. The van der Waals surface area contributed by atoms with Gasteiger partial charge in [-0.25, -0.2) is 0 Å². The van der Waals surface area contributed by atoms with Crippen LogP contribution in [0.1, 0.15) is 16.7 Å². The smallest absolute Gasteiger partial charge is 0.0138 e. The first-order chi connectivity index (χ1) is 24.8. The maximum atomic E-state index is 2.48. The molecule has 6 aromatic carbocycles. The molecule has 4 aliphatic carbocycles. The highest BCUT2D eigenvalue weighted by atomic mass is 14.4. The zero-order valence-corrected chi connectivity index (χ0v) is 27.8. The second kappa shape index (κ2) is 11.9. The van der Waals surface area contributed by atoms with Crippen molar-refractivity contribution in [3.8, 4) is 11.1 Å². The molecule has 0 fully saturated rings. The fourth-order valence-electron chi connectivity index (χ4n) is 8.97. The topological polar surface area (TPSA) is 0 Å². The van der Waals surface area contributed by atoms with Crippen molar-refractivity contribution in [2.75, 3.05) is 0 Å². The number of rotatable bonds is 4. The standard InChI is InChI=1S/C50H36/c1-2-14-33(15-3-1)35-26-29-36(30-27-35)47-39-18-6-10-22-43(39)49(44-23-11-7-19-40(44)47)50-45-24-12-8-20-41(45)48(42-21-9-13-25-46(42)50)38-31-28-34-16-4-5-17-37(34)32-38/h1-32,34,37,39,43H. The predicted molar refractivity (Wildman–Crippen MR) is 212 cm³/mol. The van der Waals surface area contributed by atoms with Crippen LogP contribution in [-0.4, -0.2) is 0 Å². The molecule has 50 heavy (non-hydrogen) atoms. The molecule has 0 nitrogen and oxygen atoms in total. The van der Waals surface area contributed by atoms with E-state index < -0.39 is 0 Å². The number of hydrogen-bond donors (Lipinski definition) is 0. The van der Waals surface area contributed by atoms with Gasteiger partial charge in [0.25, 0.3) is 0 Å². The molecule has 6 aromatic rings. The van der Waals surface area contributed by atoms with Gasteiger partial charge in [-0.05, 0) is 76.5 Å². The Hall–Kier alpha value is -5.98. The second-order valence-electron chi connectivity index (χ2n) is 13.9. The summed E-state index contributed by atoms with van der Waals surface area (Å²) in [7, 11) is 0. The highest BCUT2D eigenvalue weighted by Gasteiger charge is 2.34. The number of benzene rings is 6. The normalized spacial score (nSPS) is 21.6. The Morgan fingerprint density at radius 2 is 0.820 bits per heavy atom. The number of allylic oxidation sites excluding steroid dienone is 12. The predicted octanol–water partition coefficient (Wildman–Crippen LogP) is 10.7. The van der Waals surface area contributed by atoms with Crippen LogP contribution in [0, 0.1) is 23.7 Å². The van der Waals surface area contributed by atoms with Crippen molar-refractivity contribution in [1.29, 1.82) is 0 Å². The molecule has 0 bridgehead atoms. The van der Waals surface area contributed by atoms with Crippen LogP contribution in [0.4, 0.5) is 0 Å². The van der Waals surface area contributed by atoms with Gasteiger partial charge >= 0.3 is 0 Å². The molecule has 0 radical (unpaired) electrons. The monoisotopic (exact) mass is 636 g/mol. The van der Waals surface area contributed by atoms with E-state index in [9.17, 15) is 0 Å². The second-order valence-corrected chi connectivity index (χ2v) is 13.9. The lowest BCUT2D eigenvalue weighted by Gasteiger charge is -2.34. The lowest BCUT2D eigenvalue weighted by molar-refractivity contribution is 0.663. The third kappa shape index (κ3) is 4.60. The lowest BCUT2D eigenvalue weighted by atomic mass is 9.68. The van der Waals surface area contributed by atoms with Gasteiger partial charge in [0.1, 0.15) is 0 Å². The zero-order chi connectivity index (χ0) is 33.0. The highest BCUT2D eigenvalue weighted by Crippen LogP contribution is 2.47. The molecule has 4 aliphatic rings. The summed E-state index contributed by atoms with van der Waals surface area (Å²) in [5, 5.41) is 7.92. The Morgan fingerprint density at radius 1 is 0.340 bits per heavy atom. The summed E-state index contributed by atoms with van der Waals surface area (Å²) >= 11 is 0. The average Bonchev–Trinajstić information content (AvgIpc) is 3.19. The van der Waals surface area contributed by atoms with E-state index in [0.29, 0.717) is 11.8 Å². The fraction of sp³-hybridized carbons (Fsp3) is 0.0800. The Kier molecular flexibility index (Phi) is 6.88. The van der Waals surface area contributed by atoms with Gasteiger partial charge in [0, 0.05) is 23.7 Å². The van der Waals surface area contributed by atoms with Gasteiger partial charge in [-0.3, -0.25) is 0 Å². The molecule has 10 rings (SSSR count). The molecule has 0 amide bonds. The Bertz CT molecular complexity index is 2580. The van der Waals surface area contributed by atoms with Crippen molar-refractivity contribution in [2.45, 2.75) is 0 Å². The molecule has 0 heteroatoms. The molecule has 0 aromatic heterocycles. The van der Waals surface area contributed by atoms with Crippen molar-refractivity contribution in [1.82, 2.24) is 0 Å². The van der Waals surface area contributed by atoms with Crippen LogP contribution in [0.25, 0.3) is 49.4 Å². The summed E-state index contributed by atoms with van der Waals surface area (Å²) in [4.78, 5) is 0. The Morgan fingerprint density at radius 3 is 1.48 bits per heavy atom. The van der Waals surface area contributed by atoms with Gasteiger partial charge in [-0.15, -0.1) is 0 Å². The maximum absolute atomic E-state index is 2.48. The van der Waals surface area contributed by atoms with Crippen LogP contribution in [0.15, 0.2) is 194 Å². The summed E-state index contributed by atoms with van der Waals surface area (Å²) in [6.45, 7) is 0. The van der Waals surface area contributed by atoms with Crippen LogP contribution < -0.4 is 10.4 Å². The van der Waals surface area contributed by atoms with Gasteiger partial charge in [0.15, 0.2) is 0 Å². The summed E-state index contributed by atoms with van der Waals surface area (Å²) in [6, 6.07) is 47.3. The van der Waals surface area contributed by atoms with E-state index in [1.165, 1.54) is 76.5 Å². The molecular formula is C50H36. The van der Waals surface area contributed by atoms with E-state index in [1.807, 2.05) is 0 Å². The minimum atomic E-state index is 0.199. The summed E-state index contributed by atoms with van der Waals surface area (Å²) in [5.41, 5.74) is 10.6. The number of fused-ring (bicyclic) bond motifs is 5. The van der Waals surface area contributed by atoms with Gasteiger partial charge in [0.2, 0.25) is 0 Å². The molecule has 236 valence electrons. The molecule has 0 saturated heterocycles. The first-order valence-corrected chi connectivity index (χ1v) is 17.9. The van der Waals surface area contributed by atoms with Gasteiger partial charge < -0.3 is 0 Å². The van der Waals surface area contributed by atoms with Crippen molar-refractivity contribution >= 4 is 38.3 Å². The Balaban J connectivity index is 1.26.